The molecule has 0 aliphatic rings. The minimum absolute atomic E-state index is 0.0519. The molecule has 0 aliphatic heterocycles. The van der Waals surface area contributed by atoms with Gasteiger partial charge in [-0.25, -0.2) is 4.98 Å². The van der Waals surface area contributed by atoms with Crippen molar-refractivity contribution in [1.82, 2.24) is 4.98 Å². The molecule has 0 radical (unpaired) electrons. The summed E-state index contributed by atoms with van der Waals surface area (Å²) < 4.78 is 5.52. The molecule has 0 amide bonds. The maximum absolute atomic E-state index is 10.6. The van der Waals surface area contributed by atoms with Gasteiger partial charge in [0.25, 0.3) is 5.69 Å². The van der Waals surface area contributed by atoms with Crippen molar-refractivity contribution in [2.24, 2.45) is 0 Å². The molecule has 0 N–H and O–H groups in total. The molecular formula is C10H13ClN2O3. The van der Waals surface area contributed by atoms with Gasteiger partial charge in [-0.3, -0.25) is 10.1 Å². The third-order valence-corrected chi connectivity index (χ3v) is 2.39. The molecule has 0 aliphatic carbocycles. The number of hydrogen-bond donors (Lipinski definition) is 0. The Bertz CT molecular complexity index is 407. The molecule has 88 valence electrons. The lowest BCUT2D eigenvalue weighted by molar-refractivity contribution is -0.385. The van der Waals surface area contributed by atoms with E-state index in [9.17, 15) is 10.1 Å². The summed E-state index contributed by atoms with van der Waals surface area (Å²) in [5, 5.41) is 10.7. The van der Waals surface area contributed by atoms with Crippen LogP contribution in [-0.4, -0.2) is 15.5 Å². The zero-order valence-electron chi connectivity index (χ0n) is 9.36. The van der Waals surface area contributed by atoms with E-state index in [0.29, 0.717) is 0 Å². The summed E-state index contributed by atoms with van der Waals surface area (Å²) in [6, 6.07) is 2.46. The van der Waals surface area contributed by atoms with Gasteiger partial charge >= 0.3 is 0 Å². The fourth-order valence-corrected chi connectivity index (χ4v) is 1.17. The number of hydrogen-bond acceptors (Lipinski definition) is 4. The van der Waals surface area contributed by atoms with E-state index in [1.165, 1.54) is 12.1 Å². The topological polar surface area (TPSA) is 65.3 Å². The van der Waals surface area contributed by atoms with Gasteiger partial charge in [-0.2, -0.15) is 0 Å². The van der Waals surface area contributed by atoms with E-state index in [1.54, 1.807) is 0 Å². The molecule has 6 heteroatoms. The van der Waals surface area contributed by atoms with Crippen LogP contribution in [0.3, 0.4) is 0 Å². The molecule has 5 nitrogen and oxygen atoms in total. The zero-order valence-corrected chi connectivity index (χ0v) is 10.1. The molecule has 1 heterocycles. The predicted molar refractivity (Wildman–Crippen MR) is 60.9 cm³/mol. The van der Waals surface area contributed by atoms with Gasteiger partial charge < -0.3 is 4.74 Å². The maximum Gasteiger partial charge on any atom is 0.277 e. The van der Waals surface area contributed by atoms with E-state index in [1.807, 2.05) is 20.8 Å². The van der Waals surface area contributed by atoms with Gasteiger partial charge in [0, 0.05) is 0 Å². The minimum Gasteiger partial charge on any atom is -0.471 e. The van der Waals surface area contributed by atoms with Gasteiger partial charge in [0.2, 0.25) is 5.88 Å². The third-order valence-electron chi connectivity index (χ3n) is 2.20. The average Bonchev–Trinajstić information content (AvgIpc) is 2.16. The smallest absolute Gasteiger partial charge is 0.277 e. The van der Waals surface area contributed by atoms with Crippen LogP contribution >= 0.6 is 11.6 Å². The molecule has 0 fully saturated rings. The molecule has 1 rings (SSSR count). The minimum atomic E-state index is -0.528. The van der Waals surface area contributed by atoms with Crippen LogP contribution in [0.2, 0.25) is 5.15 Å². The van der Waals surface area contributed by atoms with Crippen LogP contribution in [0, 0.1) is 10.1 Å². The van der Waals surface area contributed by atoms with Crippen LogP contribution < -0.4 is 4.74 Å². The Labute approximate surface area is 98.5 Å². The standard InChI is InChI=1S/C10H13ClN2O3/c1-4-10(2,3)16-9-6-7(13(14)15)5-8(11)12-9/h5-6H,4H2,1-3H3. The normalized spacial score (nSPS) is 11.2. The van der Waals surface area contributed by atoms with Crippen LogP contribution in [0.15, 0.2) is 12.1 Å². The molecule has 0 bridgehead atoms. The molecule has 0 atom stereocenters. The van der Waals surface area contributed by atoms with Crippen molar-refractivity contribution in [2.45, 2.75) is 32.8 Å². The van der Waals surface area contributed by atoms with E-state index in [2.05, 4.69) is 4.98 Å². The third kappa shape index (κ3) is 3.34. The fourth-order valence-electron chi connectivity index (χ4n) is 0.973. The first-order valence-corrected chi connectivity index (χ1v) is 5.23. The molecule has 0 saturated carbocycles. The van der Waals surface area contributed by atoms with E-state index >= 15 is 0 Å². The summed E-state index contributed by atoms with van der Waals surface area (Å²) >= 11 is 5.67. The Kier molecular flexibility index (Phi) is 3.70. The van der Waals surface area contributed by atoms with Gasteiger partial charge in [-0.1, -0.05) is 18.5 Å². The lowest BCUT2D eigenvalue weighted by Crippen LogP contribution is -2.27. The van der Waals surface area contributed by atoms with Crippen LogP contribution in [-0.2, 0) is 0 Å². The number of halogens is 1. The molecule has 0 unspecified atom stereocenters. The highest BCUT2D eigenvalue weighted by Gasteiger charge is 2.20. The lowest BCUT2D eigenvalue weighted by Gasteiger charge is -2.23. The number of nitro groups is 1. The second-order valence-electron chi connectivity index (χ2n) is 3.96. The number of aromatic nitrogens is 1. The summed E-state index contributed by atoms with van der Waals surface area (Å²) in [5.41, 5.74) is -0.548. The van der Waals surface area contributed by atoms with Crippen molar-refractivity contribution in [1.29, 1.82) is 0 Å². The van der Waals surface area contributed by atoms with Crippen molar-refractivity contribution in [3.8, 4) is 5.88 Å². The summed E-state index contributed by atoms with van der Waals surface area (Å²) in [6.07, 6.45) is 0.759. The maximum atomic E-state index is 10.6. The molecular weight excluding hydrogens is 232 g/mol. The largest absolute Gasteiger partial charge is 0.471 e. The van der Waals surface area contributed by atoms with Gasteiger partial charge in [-0.15, -0.1) is 0 Å². The van der Waals surface area contributed by atoms with Crippen molar-refractivity contribution < 1.29 is 9.66 Å². The van der Waals surface area contributed by atoms with Gasteiger partial charge in [0.1, 0.15) is 10.8 Å². The van der Waals surface area contributed by atoms with Crippen LogP contribution in [0.25, 0.3) is 0 Å². The summed E-state index contributed by atoms with van der Waals surface area (Å²) in [6.45, 7) is 5.71. The summed E-state index contributed by atoms with van der Waals surface area (Å²) in [5.74, 6) is 0.172. The molecule has 16 heavy (non-hydrogen) atoms. The summed E-state index contributed by atoms with van der Waals surface area (Å²) in [4.78, 5) is 14.0. The zero-order chi connectivity index (χ0) is 12.3. The highest BCUT2D eigenvalue weighted by molar-refractivity contribution is 6.29. The van der Waals surface area contributed by atoms with E-state index in [4.69, 9.17) is 16.3 Å². The van der Waals surface area contributed by atoms with Crippen molar-refractivity contribution in [3.63, 3.8) is 0 Å². The van der Waals surface area contributed by atoms with Crippen LogP contribution in [0.1, 0.15) is 27.2 Å². The van der Waals surface area contributed by atoms with E-state index in [0.717, 1.165) is 6.42 Å². The second kappa shape index (κ2) is 4.65. The molecule has 0 saturated heterocycles. The van der Waals surface area contributed by atoms with Crippen molar-refractivity contribution >= 4 is 17.3 Å². The van der Waals surface area contributed by atoms with Gasteiger partial charge in [0.15, 0.2) is 0 Å². The first-order valence-electron chi connectivity index (χ1n) is 4.85. The predicted octanol–water partition coefficient (Wildman–Crippen LogP) is 3.21. The lowest BCUT2D eigenvalue weighted by atomic mass is 10.1. The number of ether oxygens (including phenoxy) is 1. The SMILES string of the molecule is CCC(C)(C)Oc1cc([N+](=O)[O-])cc(Cl)n1. The number of nitrogens with zero attached hydrogens (tertiary/aromatic N) is 2. The van der Waals surface area contributed by atoms with Crippen molar-refractivity contribution in [3.05, 3.63) is 27.4 Å². The number of rotatable bonds is 4. The fraction of sp³-hybridized carbons (Fsp3) is 0.500. The Morgan fingerprint density at radius 3 is 2.69 bits per heavy atom. The molecule has 1 aromatic heterocycles. The molecule has 0 aromatic carbocycles. The Hall–Kier alpha value is -1.36. The van der Waals surface area contributed by atoms with Crippen molar-refractivity contribution in [2.75, 3.05) is 0 Å². The highest BCUT2D eigenvalue weighted by atomic mass is 35.5. The first kappa shape index (κ1) is 12.7. The molecule has 1 aromatic rings. The van der Waals surface area contributed by atoms with Crippen LogP contribution in [0.5, 0.6) is 5.88 Å². The van der Waals surface area contributed by atoms with Gasteiger partial charge in [-0.05, 0) is 20.3 Å². The second-order valence-corrected chi connectivity index (χ2v) is 4.35. The van der Waals surface area contributed by atoms with Crippen LogP contribution in [0.4, 0.5) is 5.69 Å². The number of pyridine rings is 1. The monoisotopic (exact) mass is 244 g/mol. The van der Waals surface area contributed by atoms with Gasteiger partial charge in [0.05, 0.1) is 17.1 Å². The highest BCUT2D eigenvalue weighted by Crippen LogP contribution is 2.25. The van der Waals surface area contributed by atoms with E-state index in [-0.39, 0.29) is 16.7 Å². The molecule has 0 spiro atoms. The Morgan fingerprint density at radius 1 is 1.56 bits per heavy atom. The average molecular weight is 245 g/mol. The first-order chi connectivity index (χ1) is 7.34. The summed E-state index contributed by atoms with van der Waals surface area (Å²) in [7, 11) is 0. The van der Waals surface area contributed by atoms with E-state index < -0.39 is 10.5 Å². The Morgan fingerprint density at radius 2 is 2.19 bits per heavy atom. The quantitative estimate of drug-likeness (QED) is 0.463. The Balaban J connectivity index is 3.01.